The fourth-order valence-electron chi connectivity index (χ4n) is 2.41. The van der Waals surface area contributed by atoms with E-state index in [2.05, 4.69) is 5.32 Å². The summed E-state index contributed by atoms with van der Waals surface area (Å²) >= 11 is 1.44. The van der Waals surface area contributed by atoms with E-state index in [4.69, 9.17) is 0 Å². The van der Waals surface area contributed by atoms with E-state index in [1.165, 1.54) is 16.7 Å². The standard InChI is InChI=1S/C15H18N2O4S/c1-2-15(14(20)21,11-6-4-3-5-7-11)16-12(18)8-17-10-22-9-13(17)19/h3-7H,2,8-10H2,1H3,(H,16,18)(H,20,21). The molecule has 22 heavy (non-hydrogen) atoms. The van der Waals surface area contributed by atoms with Gasteiger partial charge in [-0.1, -0.05) is 37.3 Å². The lowest BCUT2D eigenvalue weighted by Gasteiger charge is -2.30. The summed E-state index contributed by atoms with van der Waals surface area (Å²) in [5.74, 6) is -0.856. The van der Waals surface area contributed by atoms with Crippen LogP contribution in [-0.2, 0) is 19.9 Å². The number of rotatable bonds is 6. The van der Waals surface area contributed by atoms with Crippen molar-refractivity contribution in [3.05, 3.63) is 35.9 Å². The topological polar surface area (TPSA) is 86.7 Å². The summed E-state index contributed by atoms with van der Waals surface area (Å²) in [7, 11) is 0. The zero-order valence-corrected chi connectivity index (χ0v) is 13.1. The van der Waals surface area contributed by atoms with E-state index in [0.29, 0.717) is 17.2 Å². The molecule has 1 aliphatic heterocycles. The molecule has 1 aromatic carbocycles. The molecule has 1 atom stereocenters. The number of carboxylic acids is 1. The molecule has 1 saturated heterocycles. The minimum Gasteiger partial charge on any atom is -0.479 e. The van der Waals surface area contributed by atoms with Gasteiger partial charge < -0.3 is 15.3 Å². The van der Waals surface area contributed by atoms with Crippen LogP contribution in [0.2, 0.25) is 0 Å². The van der Waals surface area contributed by atoms with Crippen molar-refractivity contribution in [2.45, 2.75) is 18.9 Å². The third-order valence-electron chi connectivity index (χ3n) is 3.67. The van der Waals surface area contributed by atoms with Crippen LogP contribution in [0, 0.1) is 0 Å². The van der Waals surface area contributed by atoms with E-state index in [0.717, 1.165) is 0 Å². The summed E-state index contributed by atoms with van der Waals surface area (Å²) in [6.45, 7) is 1.59. The molecule has 1 aliphatic rings. The molecule has 1 aromatic rings. The van der Waals surface area contributed by atoms with E-state index in [9.17, 15) is 19.5 Å². The lowest BCUT2D eigenvalue weighted by atomic mass is 9.87. The molecule has 0 radical (unpaired) electrons. The maximum atomic E-state index is 12.2. The number of nitrogens with one attached hydrogen (secondary N) is 1. The van der Waals surface area contributed by atoms with E-state index >= 15 is 0 Å². The number of nitrogens with zero attached hydrogens (tertiary/aromatic N) is 1. The van der Waals surface area contributed by atoms with Crippen LogP contribution >= 0.6 is 11.8 Å². The predicted molar refractivity (Wildman–Crippen MR) is 83.2 cm³/mol. The largest absolute Gasteiger partial charge is 0.479 e. The third-order valence-corrected chi connectivity index (χ3v) is 4.62. The number of thioether (sulfide) groups is 1. The summed E-state index contributed by atoms with van der Waals surface area (Å²) < 4.78 is 0. The second kappa shape index (κ2) is 6.83. The molecule has 1 heterocycles. The van der Waals surface area contributed by atoms with Gasteiger partial charge in [0, 0.05) is 0 Å². The molecule has 2 rings (SSSR count). The van der Waals surface area contributed by atoms with Gasteiger partial charge in [-0.05, 0) is 12.0 Å². The predicted octanol–water partition coefficient (Wildman–Crippen LogP) is 1.03. The highest BCUT2D eigenvalue weighted by molar-refractivity contribution is 8.00. The van der Waals surface area contributed by atoms with Crippen molar-refractivity contribution >= 4 is 29.5 Å². The van der Waals surface area contributed by atoms with Crippen molar-refractivity contribution in [2.24, 2.45) is 0 Å². The first-order valence-electron chi connectivity index (χ1n) is 6.95. The van der Waals surface area contributed by atoms with Crippen LogP contribution in [0.15, 0.2) is 30.3 Å². The van der Waals surface area contributed by atoms with Gasteiger partial charge in [0.05, 0.1) is 11.6 Å². The van der Waals surface area contributed by atoms with E-state index in [1.54, 1.807) is 37.3 Å². The number of hydrogen-bond acceptors (Lipinski definition) is 4. The van der Waals surface area contributed by atoms with Gasteiger partial charge in [-0.15, -0.1) is 11.8 Å². The van der Waals surface area contributed by atoms with Crippen LogP contribution in [0.3, 0.4) is 0 Å². The van der Waals surface area contributed by atoms with Gasteiger partial charge in [0.15, 0.2) is 5.54 Å². The Morgan fingerprint density at radius 3 is 2.55 bits per heavy atom. The van der Waals surface area contributed by atoms with Crippen molar-refractivity contribution < 1.29 is 19.5 Å². The Morgan fingerprint density at radius 2 is 2.05 bits per heavy atom. The number of hydrogen-bond donors (Lipinski definition) is 2. The monoisotopic (exact) mass is 322 g/mol. The third kappa shape index (κ3) is 3.24. The molecule has 0 spiro atoms. The number of benzene rings is 1. The van der Waals surface area contributed by atoms with Crippen molar-refractivity contribution in [2.75, 3.05) is 18.2 Å². The quantitative estimate of drug-likeness (QED) is 0.817. The normalized spacial score (nSPS) is 17.1. The van der Waals surface area contributed by atoms with E-state index < -0.39 is 17.4 Å². The molecule has 118 valence electrons. The van der Waals surface area contributed by atoms with Crippen LogP contribution in [0.25, 0.3) is 0 Å². The van der Waals surface area contributed by atoms with E-state index in [1.807, 2.05) is 0 Å². The average molecular weight is 322 g/mol. The summed E-state index contributed by atoms with van der Waals surface area (Å²) in [4.78, 5) is 37.0. The van der Waals surface area contributed by atoms with Crippen molar-refractivity contribution in [3.8, 4) is 0 Å². The Balaban J connectivity index is 2.18. The number of aliphatic carboxylic acids is 1. The smallest absolute Gasteiger partial charge is 0.334 e. The van der Waals surface area contributed by atoms with Gasteiger partial charge in [-0.25, -0.2) is 4.79 Å². The first kappa shape index (κ1) is 16.4. The molecule has 6 nitrogen and oxygen atoms in total. The molecule has 2 amide bonds. The minimum atomic E-state index is -1.48. The van der Waals surface area contributed by atoms with Crippen molar-refractivity contribution in [3.63, 3.8) is 0 Å². The van der Waals surface area contributed by atoms with Gasteiger partial charge in [0.1, 0.15) is 6.54 Å². The number of carbonyl (C=O) groups excluding carboxylic acids is 2. The van der Waals surface area contributed by atoms with Gasteiger partial charge in [-0.3, -0.25) is 9.59 Å². The van der Waals surface area contributed by atoms with Crippen LogP contribution in [0.5, 0.6) is 0 Å². The zero-order chi connectivity index (χ0) is 16.2. The summed E-state index contributed by atoms with van der Waals surface area (Å²) in [5, 5.41) is 12.2. The van der Waals surface area contributed by atoms with Crippen LogP contribution in [0.1, 0.15) is 18.9 Å². The van der Waals surface area contributed by atoms with Gasteiger partial charge >= 0.3 is 5.97 Å². The highest BCUT2D eigenvalue weighted by atomic mass is 32.2. The maximum Gasteiger partial charge on any atom is 0.334 e. The average Bonchev–Trinajstić information content (AvgIpc) is 2.90. The summed E-state index contributed by atoms with van der Waals surface area (Å²) in [6.07, 6.45) is 0.209. The lowest BCUT2D eigenvalue weighted by Crippen LogP contribution is -2.54. The molecule has 0 aromatic heterocycles. The van der Waals surface area contributed by atoms with Crippen molar-refractivity contribution in [1.29, 1.82) is 0 Å². The van der Waals surface area contributed by atoms with Gasteiger partial charge in [-0.2, -0.15) is 0 Å². The molecular weight excluding hydrogens is 304 g/mol. The second-order valence-corrected chi connectivity index (χ2v) is 6.00. The van der Waals surface area contributed by atoms with Crippen LogP contribution < -0.4 is 5.32 Å². The molecule has 1 unspecified atom stereocenters. The first-order valence-corrected chi connectivity index (χ1v) is 8.10. The molecule has 1 fully saturated rings. The first-order chi connectivity index (χ1) is 10.5. The highest BCUT2D eigenvalue weighted by Crippen LogP contribution is 2.25. The van der Waals surface area contributed by atoms with Crippen LogP contribution in [0.4, 0.5) is 0 Å². The Labute approximate surface area is 132 Å². The van der Waals surface area contributed by atoms with E-state index in [-0.39, 0.29) is 18.9 Å². The van der Waals surface area contributed by atoms with Gasteiger partial charge in [0.25, 0.3) is 0 Å². The molecule has 0 bridgehead atoms. The van der Waals surface area contributed by atoms with Gasteiger partial charge in [0.2, 0.25) is 11.8 Å². The number of carbonyl (C=O) groups is 3. The summed E-state index contributed by atoms with van der Waals surface area (Å²) in [6, 6.07) is 8.60. The fourth-order valence-corrected chi connectivity index (χ4v) is 3.31. The fraction of sp³-hybridized carbons (Fsp3) is 0.400. The maximum absolute atomic E-state index is 12.2. The molecule has 2 N–H and O–H groups in total. The second-order valence-electron chi connectivity index (χ2n) is 5.05. The molecule has 0 aliphatic carbocycles. The molecular formula is C15H18N2O4S. The van der Waals surface area contributed by atoms with Crippen molar-refractivity contribution in [1.82, 2.24) is 10.2 Å². The number of carboxylic acid groups (broad SMARTS) is 1. The Morgan fingerprint density at radius 1 is 1.36 bits per heavy atom. The zero-order valence-electron chi connectivity index (χ0n) is 12.2. The lowest BCUT2D eigenvalue weighted by molar-refractivity contribution is -0.148. The summed E-state index contributed by atoms with van der Waals surface area (Å²) in [5.41, 5.74) is -0.964. The Kier molecular flexibility index (Phi) is 5.07. The highest BCUT2D eigenvalue weighted by Gasteiger charge is 2.40. The SMILES string of the molecule is CCC(NC(=O)CN1CSCC1=O)(C(=O)O)c1ccccc1. The molecule has 7 heteroatoms. The Bertz CT molecular complexity index is 578. The number of amides is 2. The van der Waals surface area contributed by atoms with Crippen LogP contribution in [-0.4, -0.2) is 46.0 Å². The Hall–Kier alpha value is -2.02. The minimum absolute atomic E-state index is 0.0997. The molecule has 0 saturated carbocycles.